The minimum Gasteiger partial charge on any atom is -0.387 e. The molecule has 0 aromatic heterocycles. The number of carbonyl (C=O) groups is 1. The maximum atomic E-state index is 13.0. The molecule has 0 fully saturated rings. The second-order valence-electron chi connectivity index (χ2n) is 21.0. The predicted molar refractivity (Wildman–Crippen MR) is 309 cm³/mol. The fourth-order valence-electron chi connectivity index (χ4n) is 8.28. The summed E-state index contributed by atoms with van der Waals surface area (Å²) in [5, 5.41) is 13.9. The second kappa shape index (κ2) is 52.5. The van der Waals surface area contributed by atoms with Gasteiger partial charge in [-0.25, -0.2) is 4.57 Å². The number of allylic oxidation sites excluding steroid dienone is 13. The molecule has 0 spiro atoms. The van der Waals surface area contributed by atoms with Crippen molar-refractivity contribution in [3.8, 4) is 0 Å². The minimum atomic E-state index is -4.35. The highest BCUT2D eigenvalue weighted by molar-refractivity contribution is 7.47. The van der Waals surface area contributed by atoms with Gasteiger partial charge >= 0.3 is 7.82 Å². The van der Waals surface area contributed by atoms with Crippen LogP contribution in [0.3, 0.4) is 0 Å². The van der Waals surface area contributed by atoms with Crippen LogP contribution in [0.4, 0.5) is 0 Å². The van der Waals surface area contributed by atoms with E-state index >= 15 is 0 Å². The molecule has 71 heavy (non-hydrogen) atoms. The number of phosphoric acid groups is 1. The summed E-state index contributed by atoms with van der Waals surface area (Å²) in [5.41, 5.74) is 0. The molecule has 0 aliphatic carbocycles. The van der Waals surface area contributed by atoms with E-state index in [0.717, 1.165) is 77.0 Å². The van der Waals surface area contributed by atoms with Crippen LogP contribution in [0.15, 0.2) is 85.1 Å². The summed E-state index contributed by atoms with van der Waals surface area (Å²) >= 11 is 0. The van der Waals surface area contributed by atoms with Gasteiger partial charge in [-0.3, -0.25) is 13.8 Å². The number of rotatable bonds is 53. The van der Waals surface area contributed by atoms with Crippen LogP contribution in [0.1, 0.15) is 251 Å². The molecule has 3 atom stereocenters. The fraction of sp³-hybridized carbons (Fsp3) is 0.758. The quantitative estimate of drug-likeness (QED) is 0.0243. The maximum absolute atomic E-state index is 13.0. The third-order valence-electron chi connectivity index (χ3n) is 12.9. The van der Waals surface area contributed by atoms with Crippen molar-refractivity contribution < 1.29 is 32.9 Å². The normalized spacial score (nSPS) is 14.5. The monoisotopic (exact) mass is 1010 g/mol. The van der Waals surface area contributed by atoms with Gasteiger partial charge < -0.3 is 19.8 Å². The van der Waals surface area contributed by atoms with Crippen molar-refractivity contribution in [2.45, 2.75) is 264 Å². The van der Waals surface area contributed by atoms with E-state index in [-0.39, 0.29) is 19.1 Å². The fourth-order valence-corrected chi connectivity index (χ4v) is 9.02. The highest BCUT2D eigenvalue weighted by Gasteiger charge is 2.27. The molecule has 1 amide bonds. The van der Waals surface area contributed by atoms with Gasteiger partial charge in [-0.1, -0.05) is 259 Å². The third-order valence-corrected chi connectivity index (χ3v) is 13.9. The van der Waals surface area contributed by atoms with Gasteiger partial charge in [0.15, 0.2) is 0 Å². The number of hydrogen-bond acceptors (Lipinski definition) is 5. The van der Waals surface area contributed by atoms with Crippen molar-refractivity contribution in [1.82, 2.24) is 5.32 Å². The van der Waals surface area contributed by atoms with Crippen molar-refractivity contribution in [2.24, 2.45) is 0 Å². The van der Waals surface area contributed by atoms with E-state index in [0.29, 0.717) is 17.4 Å². The molecule has 0 aromatic rings. The lowest BCUT2D eigenvalue weighted by Gasteiger charge is -2.25. The highest BCUT2D eigenvalue weighted by Crippen LogP contribution is 2.43. The summed E-state index contributed by atoms with van der Waals surface area (Å²) < 4.78 is 23.7. The minimum absolute atomic E-state index is 0.0598. The molecule has 0 aromatic carbocycles. The smallest absolute Gasteiger partial charge is 0.387 e. The zero-order chi connectivity index (χ0) is 52.0. The lowest BCUT2D eigenvalue weighted by Crippen LogP contribution is -2.45. The number of nitrogens with one attached hydrogen (secondary N) is 1. The lowest BCUT2D eigenvalue weighted by molar-refractivity contribution is -0.870. The number of hydrogen-bond donors (Lipinski definition) is 3. The van der Waals surface area contributed by atoms with Crippen LogP contribution in [0.2, 0.25) is 0 Å². The molecule has 0 saturated carbocycles. The molecule has 0 heterocycles. The standard InChI is InChI=1S/C62H113N2O6P/c1-6-8-10-12-14-16-18-20-22-23-24-25-26-27-28-29-30-31-32-33-34-35-36-37-38-39-40-41-42-44-46-48-50-52-54-56-62(66)63-60(59-70-71(67,68)69-58-57-64(3,4)5)61(65)55-53-51-49-47-45-43-21-19-17-15-13-11-9-7-2/h8,10,14,16,20,22,24-25,27-28,30-31,53,55,60-61,65H,6-7,9,11-13,15,17-19,21,23,26,29,32-52,54,56-59H2,1-5H3,(H-,63,66,67,68)/p+1/b10-8-,16-14-,22-20-,25-24-,28-27-,31-30-,55-53+. The lowest BCUT2D eigenvalue weighted by atomic mass is 10.0. The summed E-state index contributed by atoms with van der Waals surface area (Å²) in [5.74, 6) is -0.178. The van der Waals surface area contributed by atoms with Crippen LogP contribution in [-0.2, 0) is 18.4 Å². The predicted octanol–water partition coefficient (Wildman–Crippen LogP) is 18.0. The van der Waals surface area contributed by atoms with E-state index in [1.807, 2.05) is 27.2 Å². The van der Waals surface area contributed by atoms with Gasteiger partial charge in [-0.15, -0.1) is 0 Å². The number of aliphatic hydroxyl groups is 1. The molecule has 0 bridgehead atoms. The molecule has 0 radical (unpaired) electrons. The Bertz CT molecular complexity index is 1430. The average molecular weight is 1010 g/mol. The Morgan fingerprint density at radius 2 is 0.845 bits per heavy atom. The molecule has 8 nitrogen and oxygen atoms in total. The van der Waals surface area contributed by atoms with Crippen molar-refractivity contribution in [3.63, 3.8) is 0 Å². The van der Waals surface area contributed by atoms with Gasteiger partial charge in [-0.05, 0) is 70.6 Å². The number of phosphoric ester groups is 1. The molecule has 0 aliphatic rings. The first-order valence-electron chi connectivity index (χ1n) is 29.5. The number of amides is 1. The molecule has 412 valence electrons. The van der Waals surface area contributed by atoms with Crippen molar-refractivity contribution >= 4 is 13.7 Å². The zero-order valence-corrected chi connectivity index (χ0v) is 47.8. The Labute approximate surface area is 439 Å². The van der Waals surface area contributed by atoms with Gasteiger partial charge in [-0.2, -0.15) is 0 Å². The Morgan fingerprint density at radius 3 is 1.24 bits per heavy atom. The molecular formula is C62H114N2O6P+. The Kier molecular flexibility index (Phi) is 50.8. The zero-order valence-electron chi connectivity index (χ0n) is 46.9. The second-order valence-corrected chi connectivity index (χ2v) is 22.4. The summed E-state index contributed by atoms with van der Waals surface area (Å²) in [7, 11) is 1.57. The van der Waals surface area contributed by atoms with Crippen LogP contribution < -0.4 is 5.32 Å². The first kappa shape index (κ1) is 68.7. The first-order valence-corrected chi connectivity index (χ1v) is 31.0. The molecule has 0 aliphatic heterocycles. The number of nitrogens with zero attached hydrogens (tertiary/aromatic N) is 1. The number of quaternary nitrogens is 1. The SMILES string of the molecule is CC/C=C\C/C=C\C/C=C\C/C=C\C/C=C\C/C=C\CCCCCCCCCCCCCCCCCCC(=O)NC(COP(=O)(O)OCC[N+](C)(C)C)C(O)/C=C/CCCCCCCCCCCCCC. The van der Waals surface area contributed by atoms with Crippen LogP contribution in [-0.4, -0.2) is 73.4 Å². The summed E-state index contributed by atoms with van der Waals surface area (Å²) in [4.78, 5) is 23.3. The van der Waals surface area contributed by atoms with E-state index < -0.39 is 20.0 Å². The molecular weight excluding hydrogens is 900 g/mol. The first-order chi connectivity index (χ1) is 34.5. The van der Waals surface area contributed by atoms with Crippen molar-refractivity contribution in [3.05, 3.63) is 85.1 Å². The molecule has 3 N–H and O–H groups in total. The molecule has 0 rings (SSSR count). The number of likely N-dealkylation sites (N-methyl/N-ethyl adjacent to an activating group) is 1. The Morgan fingerprint density at radius 1 is 0.493 bits per heavy atom. The van der Waals surface area contributed by atoms with E-state index in [1.54, 1.807) is 6.08 Å². The van der Waals surface area contributed by atoms with Crippen molar-refractivity contribution in [1.29, 1.82) is 0 Å². The Hall–Kier alpha value is -2.32. The molecule has 9 heteroatoms. The summed E-state index contributed by atoms with van der Waals surface area (Å²) in [6.45, 7) is 4.71. The van der Waals surface area contributed by atoms with Crippen LogP contribution >= 0.6 is 7.82 Å². The van der Waals surface area contributed by atoms with Gasteiger partial charge in [0.2, 0.25) is 5.91 Å². The summed E-state index contributed by atoms with van der Waals surface area (Å²) in [6.07, 6.45) is 74.0. The average Bonchev–Trinajstić information content (AvgIpc) is 3.33. The maximum Gasteiger partial charge on any atom is 0.472 e. The van der Waals surface area contributed by atoms with E-state index in [1.165, 1.54) is 154 Å². The van der Waals surface area contributed by atoms with Gasteiger partial charge in [0.05, 0.1) is 39.9 Å². The van der Waals surface area contributed by atoms with E-state index in [4.69, 9.17) is 9.05 Å². The van der Waals surface area contributed by atoms with Gasteiger partial charge in [0.1, 0.15) is 13.2 Å². The van der Waals surface area contributed by atoms with E-state index in [9.17, 15) is 19.4 Å². The number of unbranched alkanes of at least 4 members (excludes halogenated alkanes) is 28. The van der Waals surface area contributed by atoms with Crippen LogP contribution in [0.5, 0.6) is 0 Å². The van der Waals surface area contributed by atoms with Crippen LogP contribution in [0.25, 0.3) is 0 Å². The van der Waals surface area contributed by atoms with E-state index in [2.05, 4.69) is 92.1 Å². The summed E-state index contributed by atoms with van der Waals surface area (Å²) in [6, 6.07) is -0.849. The van der Waals surface area contributed by atoms with Crippen molar-refractivity contribution in [2.75, 3.05) is 40.9 Å². The molecule has 0 saturated heterocycles. The van der Waals surface area contributed by atoms with Gasteiger partial charge in [0.25, 0.3) is 0 Å². The largest absolute Gasteiger partial charge is 0.472 e. The molecule has 3 unspecified atom stereocenters. The number of carbonyl (C=O) groups excluding carboxylic acids is 1. The highest BCUT2D eigenvalue weighted by atomic mass is 31.2. The Balaban J connectivity index is 4.05. The number of aliphatic hydroxyl groups excluding tert-OH is 1. The van der Waals surface area contributed by atoms with Crippen LogP contribution in [0, 0.1) is 0 Å². The third kappa shape index (κ3) is 55.3. The van der Waals surface area contributed by atoms with Gasteiger partial charge in [0, 0.05) is 6.42 Å². The topological polar surface area (TPSA) is 105 Å².